The summed E-state index contributed by atoms with van der Waals surface area (Å²) in [6.07, 6.45) is 3.33. The van der Waals surface area contributed by atoms with Crippen molar-refractivity contribution in [2.75, 3.05) is 18.0 Å². The Morgan fingerprint density at radius 1 is 1.12 bits per heavy atom. The lowest BCUT2D eigenvalue weighted by Crippen LogP contribution is -2.36. The molecule has 0 atom stereocenters. The number of pyridine rings is 2. The Hall–Kier alpha value is -3.15. The molecule has 6 heteroatoms. The van der Waals surface area contributed by atoms with Gasteiger partial charge in [0.1, 0.15) is 0 Å². The first-order chi connectivity index (χ1) is 12.5. The number of aliphatic carboxylic acids is 1. The molecule has 0 fully saturated rings. The fraction of sp³-hybridized carbons (Fsp3) is 0.250. The standard InChI is InChI=1S/C20H21N3O3/c1-3-23(4-2)16-6-5-15-11-17(20(26)21-18(15)12-16)14-7-9-22(10-8-14)13-19(24)25/h5-12H,3-4,13H2,1-2H3,(H,24,25)/p+1. The molecule has 0 radical (unpaired) electrons. The van der Waals surface area contributed by atoms with Crippen LogP contribution in [0.25, 0.3) is 22.0 Å². The average molecular weight is 352 g/mol. The minimum Gasteiger partial charge on any atom is -0.477 e. The molecule has 3 rings (SSSR count). The largest absolute Gasteiger partial charge is 0.477 e. The highest BCUT2D eigenvalue weighted by Gasteiger charge is 2.11. The van der Waals surface area contributed by atoms with Crippen LogP contribution in [0, 0.1) is 0 Å². The van der Waals surface area contributed by atoms with E-state index in [0.29, 0.717) is 5.56 Å². The predicted molar refractivity (Wildman–Crippen MR) is 101 cm³/mol. The highest BCUT2D eigenvalue weighted by molar-refractivity contribution is 5.86. The first-order valence-corrected chi connectivity index (χ1v) is 8.65. The second kappa shape index (κ2) is 7.39. The number of nitrogens with zero attached hydrogens (tertiary/aromatic N) is 2. The second-order valence-electron chi connectivity index (χ2n) is 6.11. The quantitative estimate of drug-likeness (QED) is 0.668. The number of nitrogens with one attached hydrogen (secondary N) is 1. The SMILES string of the molecule is CCN(CC)c1ccc2cc(-c3cc[n+](CC(=O)O)cc3)c(=O)[nH]c2c1. The van der Waals surface area contributed by atoms with Crippen LogP contribution < -0.4 is 15.0 Å². The molecule has 6 nitrogen and oxygen atoms in total. The molecular formula is C20H22N3O3+. The maximum atomic E-state index is 12.5. The van der Waals surface area contributed by atoms with Crippen molar-refractivity contribution in [3.8, 4) is 11.1 Å². The molecule has 2 N–H and O–H groups in total. The van der Waals surface area contributed by atoms with E-state index in [1.807, 2.05) is 18.2 Å². The number of carboxylic acids is 1. The van der Waals surface area contributed by atoms with E-state index in [9.17, 15) is 9.59 Å². The number of hydrogen-bond donors (Lipinski definition) is 2. The minimum atomic E-state index is -0.907. The molecule has 1 aromatic carbocycles. The number of fused-ring (bicyclic) bond motifs is 1. The van der Waals surface area contributed by atoms with Gasteiger partial charge < -0.3 is 15.0 Å². The first-order valence-electron chi connectivity index (χ1n) is 8.65. The zero-order valence-electron chi connectivity index (χ0n) is 14.9. The zero-order chi connectivity index (χ0) is 18.7. The monoisotopic (exact) mass is 352 g/mol. The van der Waals surface area contributed by atoms with Crippen LogP contribution in [0.15, 0.2) is 53.6 Å². The number of aromatic amines is 1. The fourth-order valence-corrected chi connectivity index (χ4v) is 3.09. The zero-order valence-corrected chi connectivity index (χ0v) is 14.9. The van der Waals surface area contributed by atoms with E-state index >= 15 is 0 Å². The minimum absolute atomic E-state index is 0.109. The summed E-state index contributed by atoms with van der Waals surface area (Å²) in [5.41, 5.74) is 3.05. The molecule has 2 aromatic heterocycles. The molecule has 0 saturated heterocycles. The van der Waals surface area contributed by atoms with Gasteiger partial charge in [0.25, 0.3) is 5.56 Å². The van der Waals surface area contributed by atoms with E-state index in [1.54, 1.807) is 29.1 Å². The highest BCUT2D eigenvalue weighted by Crippen LogP contribution is 2.23. The molecule has 0 aliphatic rings. The topological polar surface area (TPSA) is 77.3 Å². The van der Waals surface area contributed by atoms with E-state index in [1.165, 1.54) is 0 Å². The lowest BCUT2D eigenvalue weighted by Gasteiger charge is -2.21. The van der Waals surface area contributed by atoms with E-state index in [4.69, 9.17) is 5.11 Å². The first kappa shape index (κ1) is 17.7. The van der Waals surface area contributed by atoms with Crippen molar-refractivity contribution in [2.24, 2.45) is 0 Å². The van der Waals surface area contributed by atoms with Crippen LogP contribution in [0.2, 0.25) is 0 Å². The predicted octanol–water partition coefficient (Wildman–Crippen LogP) is 2.41. The Morgan fingerprint density at radius 2 is 1.81 bits per heavy atom. The van der Waals surface area contributed by atoms with Crippen molar-refractivity contribution in [1.82, 2.24) is 4.98 Å². The molecule has 0 bridgehead atoms. The average Bonchev–Trinajstić information content (AvgIpc) is 2.62. The van der Waals surface area contributed by atoms with E-state index in [0.717, 1.165) is 35.2 Å². The molecule has 0 spiro atoms. The van der Waals surface area contributed by atoms with Crippen molar-refractivity contribution in [3.05, 3.63) is 59.1 Å². The molecule has 3 aromatic rings. The molecule has 0 amide bonds. The number of rotatable bonds is 6. The van der Waals surface area contributed by atoms with E-state index in [2.05, 4.69) is 29.8 Å². The van der Waals surface area contributed by atoms with Gasteiger partial charge in [-0.2, -0.15) is 4.57 Å². The molecule has 0 aliphatic carbocycles. The van der Waals surface area contributed by atoms with Crippen molar-refractivity contribution in [3.63, 3.8) is 0 Å². The summed E-state index contributed by atoms with van der Waals surface area (Å²) in [6, 6.07) is 11.4. The van der Waals surface area contributed by atoms with Crippen LogP contribution in [0.5, 0.6) is 0 Å². The van der Waals surface area contributed by atoms with Crippen LogP contribution in [0.3, 0.4) is 0 Å². The summed E-state index contributed by atoms with van der Waals surface area (Å²) in [5.74, 6) is -0.907. The maximum absolute atomic E-state index is 12.5. The molecule has 0 unspecified atom stereocenters. The van der Waals surface area contributed by atoms with Gasteiger partial charge in [0, 0.05) is 36.5 Å². The van der Waals surface area contributed by atoms with Crippen molar-refractivity contribution in [1.29, 1.82) is 0 Å². The fourth-order valence-electron chi connectivity index (χ4n) is 3.09. The van der Waals surface area contributed by atoms with Crippen LogP contribution in [-0.4, -0.2) is 29.1 Å². The summed E-state index contributed by atoms with van der Waals surface area (Å²) in [6.45, 7) is 5.91. The molecule has 2 heterocycles. The Balaban J connectivity index is 2.00. The Bertz CT molecular complexity index is 989. The van der Waals surface area contributed by atoms with Crippen molar-refractivity contribution in [2.45, 2.75) is 20.4 Å². The summed E-state index contributed by atoms with van der Waals surface area (Å²) in [4.78, 5) is 28.5. The maximum Gasteiger partial charge on any atom is 0.370 e. The summed E-state index contributed by atoms with van der Waals surface area (Å²) in [5, 5.41) is 9.79. The normalized spacial score (nSPS) is 10.8. The smallest absolute Gasteiger partial charge is 0.370 e. The van der Waals surface area contributed by atoms with Crippen LogP contribution >= 0.6 is 0 Å². The number of aromatic nitrogens is 2. The van der Waals surface area contributed by atoms with Gasteiger partial charge in [-0.25, -0.2) is 4.79 Å². The Kier molecular flexibility index (Phi) is 5.02. The summed E-state index contributed by atoms with van der Waals surface area (Å²) in [7, 11) is 0. The number of carboxylic acid groups (broad SMARTS) is 1. The van der Waals surface area contributed by atoms with Gasteiger partial charge in [-0.1, -0.05) is 6.07 Å². The van der Waals surface area contributed by atoms with Crippen LogP contribution in [-0.2, 0) is 11.3 Å². The molecular weight excluding hydrogens is 330 g/mol. The Labute approximate surface area is 151 Å². The Morgan fingerprint density at radius 3 is 2.42 bits per heavy atom. The van der Waals surface area contributed by atoms with Gasteiger partial charge in [0.2, 0.25) is 6.54 Å². The summed E-state index contributed by atoms with van der Waals surface area (Å²) >= 11 is 0. The molecule has 26 heavy (non-hydrogen) atoms. The third-order valence-corrected chi connectivity index (χ3v) is 4.48. The third kappa shape index (κ3) is 3.59. The van der Waals surface area contributed by atoms with Gasteiger partial charge in [0.05, 0.1) is 5.52 Å². The van der Waals surface area contributed by atoms with Gasteiger partial charge in [-0.05, 0) is 43.0 Å². The summed E-state index contributed by atoms with van der Waals surface area (Å²) < 4.78 is 1.55. The van der Waals surface area contributed by atoms with Crippen molar-refractivity contribution >= 4 is 22.6 Å². The van der Waals surface area contributed by atoms with Crippen molar-refractivity contribution < 1.29 is 14.5 Å². The molecule has 134 valence electrons. The number of anilines is 1. The van der Waals surface area contributed by atoms with Crippen LogP contribution in [0.1, 0.15) is 13.8 Å². The third-order valence-electron chi connectivity index (χ3n) is 4.48. The molecule has 0 aliphatic heterocycles. The van der Waals surface area contributed by atoms with Gasteiger partial charge in [0.15, 0.2) is 12.4 Å². The lowest BCUT2D eigenvalue weighted by molar-refractivity contribution is -0.685. The van der Waals surface area contributed by atoms with E-state index in [-0.39, 0.29) is 12.1 Å². The molecule has 0 saturated carbocycles. The lowest BCUT2D eigenvalue weighted by atomic mass is 10.1. The second-order valence-corrected chi connectivity index (χ2v) is 6.11. The van der Waals surface area contributed by atoms with Gasteiger partial charge >= 0.3 is 5.97 Å². The number of benzene rings is 1. The van der Waals surface area contributed by atoms with E-state index < -0.39 is 5.97 Å². The number of H-pyrrole nitrogens is 1. The van der Waals surface area contributed by atoms with Gasteiger partial charge in [-0.15, -0.1) is 0 Å². The number of carbonyl (C=O) groups is 1. The van der Waals surface area contributed by atoms with Crippen LogP contribution in [0.4, 0.5) is 5.69 Å². The van der Waals surface area contributed by atoms with Gasteiger partial charge in [-0.3, -0.25) is 4.79 Å². The number of hydrogen-bond acceptors (Lipinski definition) is 3. The highest BCUT2D eigenvalue weighted by atomic mass is 16.4.